The molecule has 2 rings (SSSR count). The summed E-state index contributed by atoms with van der Waals surface area (Å²) in [4.78, 5) is 1.08. The molecule has 0 saturated heterocycles. The van der Waals surface area contributed by atoms with Gasteiger partial charge in [-0.25, -0.2) is 13.1 Å². The van der Waals surface area contributed by atoms with Gasteiger partial charge in [0.1, 0.15) is 4.21 Å². The van der Waals surface area contributed by atoms with Gasteiger partial charge in [-0.05, 0) is 44.9 Å². The molecule has 0 spiro atoms. The van der Waals surface area contributed by atoms with E-state index in [0.29, 0.717) is 10.8 Å². The van der Waals surface area contributed by atoms with Gasteiger partial charge in [0.25, 0.3) is 0 Å². The summed E-state index contributed by atoms with van der Waals surface area (Å²) in [6.07, 6.45) is 1.74. The standard InChI is InChI=1S/C14H24N2O3S2/c1-4-15-9-13-10(3)6-14(20-13)21(17,18)16-11-7-12(8-11)19-5-2/h6,11-12,15-16H,4-5,7-9H2,1-3H3. The summed E-state index contributed by atoms with van der Waals surface area (Å²) in [7, 11) is -3.40. The maximum absolute atomic E-state index is 12.4. The molecule has 7 heteroatoms. The molecule has 0 aliphatic heterocycles. The van der Waals surface area contributed by atoms with Gasteiger partial charge in [-0.3, -0.25) is 0 Å². The van der Waals surface area contributed by atoms with Crippen molar-refractivity contribution in [2.75, 3.05) is 13.2 Å². The van der Waals surface area contributed by atoms with Crippen LogP contribution in [-0.2, 0) is 21.3 Å². The third-order valence-corrected chi connectivity index (χ3v) is 6.85. The predicted molar refractivity (Wildman–Crippen MR) is 85.2 cm³/mol. The fraction of sp³-hybridized carbons (Fsp3) is 0.714. The molecule has 1 heterocycles. The first-order valence-corrected chi connectivity index (χ1v) is 9.70. The number of sulfonamides is 1. The Morgan fingerprint density at radius 2 is 2.10 bits per heavy atom. The number of thiophene rings is 1. The van der Waals surface area contributed by atoms with Crippen molar-refractivity contribution in [1.82, 2.24) is 10.0 Å². The zero-order valence-electron chi connectivity index (χ0n) is 12.8. The maximum atomic E-state index is 12.4. The largest absolute Gasteiger partial charge is 0.378 e. The van der Waals surface area contributed by atoms with E-state index in [1.807, 2.05) is 20.8 Å². The number of hydrogen-bond donors (Lipinski definition) is 2. The Balaban J connectivity index is 1.97. The normalized spacial score (nSPS) is 22.2. The molecule has 0 atom stereocenters. The van der Waals surface area contributed by atoms with Gasteiger partial charge >= 0.3 is 0 Å². The first kappa shape index (κ1) is 16.9. The van der Waals surface area contributed by atoms with Gasteiger partial charge in [-0.2, -0.15) is 0 Å². The molecule has 21 heavy (non-hydrogen) atoms. The molecule has 0 bridgehead atoms. The Bertz CT molecular complexity index is 563. The van der Waals surface area contributed by atoms with Crippen LogP contribution in [0.15, 0.2) is 10.3 Å². The molecular weight excluding hydrogens is 308 g/mol. The summed E-state index contributed by atoms with van der Waals surface area (Å²) >= 11 is 1.35. The maximum Gasteiger partial charge on any atom is 0.250 e. The number of aryl methyl sites for hydroxylation is 1. The minimum absolute atomic E-state index is 0.00572. The Morgan fingerprint density at radius 1 is 1.38 bits per heavy atom. The molecular formula is C14H24N2O3S2. The topological polar surface area (TPSA) is 67.4 Å². The van der Waals surface area contributed by atoms with Crippen LogP contribution in [0, 0.1) is 6.92 Å². The fourth-order valence-corrected chi connectivity index (χ4v) is 5.18. The van der Waals surface area contributed by atoms with Crippen LogP contribution in [0.5, 0.6) is 0 Å². The zero-order valence-corrected chi connectivity index (χ0v) is 14.4. The third-order valence-electron chi connectivity index (χ3n) is 3.62. The Hall–Kier alpha value is -0.470. The fourth-order valence-electron chi connectivity index (χ4n) is 2.35. The first-order valence-electron chi connectivity index (χ1n) is 7.40. The lowest BCUT2D eigenvalue weighted by molar-refractivity contribution is -0.00474. The van der Waals surface area contributed by atoms with E-state index in [-0.39, 0.29) is 12.1 Å². The molecule has 1 aliphatic carbocycles. The minimum Gasteiger partial charge on any atom is -0.378 e. The summed E-state index contributed by atoms with van der Waals surface area (Å²) in [6, 6.07) is 1.77. The van der Waals surface area contributed by atoms with Crippen LogP contribution in [0.2, 0.25) is 0 Å². The van der Waals surface area contributed by atoms with Gasteiger partial charge < -0.3 is 10.1 Å². The molecule has 1 fully saturated rings. The third kappa shape index (κ3) is 4.26. The number of nitrogens with one attached hydrogen (secondary N) is 2. The lowest BCUT2D eigenvalue weighted by atomic mass is 9.90. The van der Waals surface area contributed by atoms with E-state index in [0.717, 1.165) is 36.4 Å². The van der Waals surface area contributed by atoms with E-state index in [9.17, 15) is 8.42 Å². The van der Waals surface area contributed by atoms with E-state index in [2.05, 4.69) is 10.0 Å². The van der Waals surface area contributed by atoms with E-state index in [4.69, 9.17) is 4.74 Å². The lowest BCUT2D eigenvalue weighted by Crippen LogP contribution is -2.47. The minimum atomic E-state index is -3.40. The Labute approximate surface area is 131 Å². The van der Waals surface area contributed by atoms with Crippen LogP contribution in [0.25, 0.3) is 0 Å². The molecule has 0 amide bonds. The molecule has 2 N–H and O–H groups in total. The van der Waals surface area contributed by atoms with Crippen LogP contribution in [0.4, 0.5) is 0 Å². The highest BCUT2D eigenvalue weighted by Gasteiger charge is 2.33. The second-order valence-corrected chi connectivity index (χ2v) is 8.40. The highest BCUT2D eigenvalue weighted by Crippen LogP contribution is 2.29. The van der Waals surface area contributed by atoms with Crippen LogP contribution in [0.3, 0.4) is 0 Å². The number of ether oxygens (including phenoxy) is 1. The van der Waals surface area contributed by atoms with Crippen LogP contribution in [0.1, 0.15) is 37.1 Å². The van der Waals surface area contributed by atoms with Crippen molar-refractivity contribution in [2.24, 2.45) is 0 Å². The summed E-state index contributed by atoms with van der Waals surface area (Å²) in [5.41, 5.74) is 1.03. The van der Waals surface area contributed by atoms with Crippen molar-refractivity contribution in [3.63, 3.8) is 0 Å². The van der Waals surface area contributed by atoms with Gasteiger partial charge in [-0.15, -0.1) is 11.3 Å². The highest BCUT2D eigenvalue weighted by molar-refractivity contribution is 7.91. The monoisotopic (exact) mass is 332 g/mol. The van der Waals surface area contributed by atoms with Gasteiger partial charge in [0.05, 0.1) is 6.10 Å². The van der Waals surface area contributed by atoms with E-state index < -0.39 is 10.0 Å². The second-order valence-electron chi connectivity index (χ2n) is 5.32. The molecule has 0 unspecified atom stereocenters. The zero-order chi connectivity index (χ0) is 15.5. The molecule has 0 radical (unpaired) electrons. The Kier molecular flexibility index (Phi) is 5.79. The van der Waals surface area contributed by atoms with Crippen molar-refractivity contribution < 1.29 is 13.2 Å². The van der Waals surface area contributed by atoms with Crippen LogP contribution < -0.4 is 10.0 Å². The van der Waals surface area contributed by atoms with E-state index >= 15 is 0 Å². The lowest BCUT2D eigenvalue weighted by Gasteiger charge is -2.34. The predicted octanol–water partition coefficient (Wildman–Crippen LogP) is 2.01. The van der Waals surface area contributed by atoms with Gasteiger partial charge in [0, 0.05) is 24.1 Å². The second kappa shape index (κ2) is 7.19. The summed E-state index contributed by atoms with van der Waals surface area (Å²) in [5.74, 6) is 0. The van der Waals surface area contributed by atoms with Crippen molar-refractivity contribution >= 4 is 21.4 Å². The first-order chi connectivity index (χ1) is 9.96. The van der Waals surface area contributed by atoms with Crippen molar-refractivity contribution in [3.8, 4) is 0 Å². The molecule has 1 aromatic rings. The van der Waals surface area contributed by atoms with E-state index in [1.165, 1.54) is 11.3 Å². The summed E-state index contributed by atoms with van der Waals surface area (Å²) in [5, 5.41) is 3.23. The summed E-state index contributed by atoms with van der Waals surface area (Å²) in [6.45, 7) is 8.22. The smallest absolute Gasteiger partial charge is 0.250 e. The van der Waals surface area contributed by atoms with Crippen LogP contribution in [-0.4, -0.2) is 33.7 Å². The van der Waals surface area contributed by atoms with E-state index in [1.54, 1.807) is 6.07 Å². The molecule has 1 saturated carbocycles. The SMILES string of the molecule is CCNCc1sc(S(=O)(=O)NC2CC(OCC)C2)cc1C. The number of rotatable bonds is 8. The molecule has 0 aromatic carbocycles. The molecule has 1 aliphatic rings. The molecule has 120 valence electrons. The summed E-state index contributed by atoms with van der Waals surface area (Å²) < 4.78 is 33.4. The average Bonchev–Trinajstić information content (AvgIpc) is 2.76. The van der Waals surface area contributed by atoms with Crippen molar-refractivity contribution in [3.05, 3.63) is 16.5 Å². The van der Waals surface area contributed by atoms with Gasteiger partial charge in [0.15, 0.2) is 0 Å². The molecule has 5 nitrogen and oxygen atoms in total. The van der Waals surface area contributed by atoms with Crippen LogP contribution >= 0.6 is 11.3 Å². The van der Waals surface area contributed by atoms with Crippen molar-refractivity contribution in [1.29, 1.82) is 0 Å². The highest BCUT2D eigenvalue weighted by atomic mass is 32.2. The number of hydrogen-bond acceptors (Lipinski definition) is 5. The Morgan fingerprint density at radius 3 is 2.71 bits per heavy atom. The quantitative estimate of drug-likeness (QED) is 0.764. The van der Waals surface area contributed by atoms with Gasteiger partial charge in [-0.1, -0.05) is 6.92 Å². The average molecular weight is 332 g/mol. The molecule has 1 aromatic heterocycles. The van der Waals surface area contributed by atoms with Crippen molar-refractivity contribution in [2.45, 2.75) is 56.5 Å². The van der Waals surface area contributed by atoms with Gasteiger partial charge in [0.2, 0.25) is 10.0 Å².